The number of aryl methyl sites for hydroxylation is 1. The number of ketones is 1. The molecule has 0 aliphatic carbocycles. The molecule has 1 heterocycles. The number of aromatic nitrogens is 1. The first kappa shape index (κ1) is 14.0. The number of rotatable bonds is 6. The minimum absolute atomic E-state index is 0.136. The van der Waals surface area contributed by atoms with E-state index in [4.69, 9.17) is 9.84 Å². The molecule has 0 fully saturated rings. The molecule has 104 valence electrons. The van der Waals surface area contributed by atoms with Crippen molar-refractivity contribution >= 4 is 11.8 Å². The van der Waals surface area contributed by atoms with Crippen LogP contribution in [0.25, 0.3) is 0 Å². The van der Waals surface area contributed by atoms with Crippen molar-refractivity contribution in [3.8, 4) is 0 Å². The highest BCUT2D eigenvalue weighted by Crippen LogP contribution is 2.12. The second-order valence-electron chi connectivity index (χ2n) is 4.41. The van der Waals surface area contributed by atoms with Crippen LogP contribution >= 0.6 is 0 Å². The molecule has 0 saturated carbocycles. The lowest BCUT2D eigenvalue weighted by Gasteiger charge is -2.09. The first-order chi connectivity index (χ1) is 9.59. The van der Waals surface area contributed by atoms with Crippen molar-refractivity contribution in [3.63, 3.8) is 0 Å². The SMILES string of the molecule is Cc1ccn(COCc2ccccc2)c1C(=O)C(=O)O. The van der Waals surface area contributed by atoms with Gasteiger partial charge in [-0.15, -0.1) is 0 Å². The second kappa shape index (κ2) is 6.16. The van der Waals surface area contributed by atoms with Crippen molar-refractivity contribution in [3.05, 3.63) is 59.4 Å². The van der Waals surface area contributed by atoms with E-state index in [1.54, 1.807) is 19.2 Å². The molecule has 2 rings (SSSR count). The van der Waals surface area contributed by atoms with Crippen molar-refractivity contribution in [2.75, 3.05) is 0 Å². The molecule has 1 aromatic heterocycles. The Morgan fingerprint density at radius 1 is 1.20 bits per heavy atom. The van der Waals surface area contributed by atoms with Crippen LogP contribution < -0.4 is 0 Å². The van der Waals surface area contributed by atoms with Gasteiger partial charge in [-0.2, -0.15) is 0 Å². The van der Waals surface area contributed by atoms with Gasteiger partial charge in [-0.1, -0.05) is 30.3 Å². The van der Waals surface area contributed by atoms with Crippen molar-refractivity contribution < 1.29 is 19.4 Å². The fourth-order valence-electron chi connectivity index (χ4n) is 1.94. The number of carbonyl (C=O) groups is 2. The number of aliphatic carboxylic acids is 1. The average molecular weight is 273 g/mol. The minimum Gasteiger partial charge on any atom is -0.475 e. The monoisotopic (exact) mass is 273 g/mol. The zero-order chi connectivity index (χ0) is 14.5. The summed E-state index contributed by atoms with van der Waals surface area (Å²) in [6, 6.07) is 11.3. The van der Waals surface area contributed by atoms with Crippen LogP contribution in [-0.4, -0.2) is 21.4 Å². The van der Waals surface area contributed by atoms with Gasteiger partial charge in [0.1, 0.15) is 12.4 Å². The lowest BCUT2D eigenvalue weighted by molar-refractivity contribution is -0.131. The molecule has 2 aromatic rings. The average Bonchev–Trinajstić information content (AvgIpc) is 2.80. The molecule has 0 unspecified atom stereocenters. The molecule has 20 heavy (non-hydrogen) atoms. The van der Waals surface area contributed by atoms with Gasteiger partial charge in [-0.3, -0.25) is 4.79 Å². The lowest BCUT2D eigenvalue weighted by atomic mass is 10.2. The number of nitrogens with zero attached hydrogens (tertiary/aromatic N) is 1. The topological polar surface area (TPSA) is 68.5 Å². The Morgan fingerprint density at radius 2 is 1.90 bits per heavy atom. The van der Waals surface area contributed by atoms with Crippen LogP contribution in [0.4, 0.5) is 0 Å². The van der Waals surface area contributed by atoms with Crippen LogP contribution in [0.1, 0.15) is 21.6 Å². The molecule has 0 saturated heterocycles. The Labute approximate surface area is 116 Å². The number of carboxylic acid groups (broad SMARTS) is 1. The summed E-state index contributed by atoms with van der Waals surface area (Å²) in [5, 5.41) is 8.80. The molecule has 1 N–H and O–H groups in total. The fourth-order valence-corrected chi connectivity index (χ4v) is 1.94. The van der Waals surface area contributed by atoms with E-state index in [0.29, 0.717) is 12.2 Å². The Bertz CT molecular complexity index is 616. The minimum atomic E-state index is -1.46. The number of ether oxygens (including phenoxy) is 1. The van der Waals surface area contributed by atoms with Crippen molar-refractivity contribution in [1.82, 2.24) is 4.57 Å². The Kier molecular flexibility index (Phi) is 4.32. The molecular weight excluding hydrogens is 258 g/mol. The largest absolute Gasteiger partial charge is 0.475 e. The molecule has 5 nitrogen and oxygen atoms in total. The van der Waals surface area contributed by atoms with E-state index in [1.807, 2.05) is 30.3 Å². The summed E-state index contributed by atoms with van der Waals surface area (Å²) in [7, 11) is 0. The molecule has 0 amide bonds. The molecule has 0 aliphatic rings. The van der Waals surface area contributed by atoms with Crippen LogP contribution in [0.2, 0.25) is 0 Å². The van der Waals surface area contributed by atoms with Crippen LogP contribution in [0, 0.1) is 6.92 Å². The van der Waals surface area contributed by atoms with E-state index < -0.39 is 11.8 Å². The number of carbonyl (C=O) groups excluding carboxylic acids is 1. The van der Waals surface area contributed by atoms with E-state index in [0.717, 1.165) is 5.56 Å². The third-order valence-corrected chi connectivity index (χ3v) is 2.92. The van der Waals surface area contributed by atoms with Gasteiger partial charge in [0.15, 0.2) is 0 Å². The zero-order valence-electron chi connectivity index (χ0n) is 11.1. The van der Waals surface area contributed by atoms with E-state index in [-0.39, 0.29) is 12.4 Å². The van der Waals surface area contributed by atoms with Crippen LogP contribution in [0.5, 0.6) is 0 Å². The summed E-state index contributed by atoms with van der Waals surface area (Å²) in [5.41, 5.74) is 1.80. The second-order valence-corrected chi connectivity index (χ2v) is 4.41. The van der Waals surface area contributed by atoms with E-state index in [1.165, 1.54) is 4.57 Å². The predicted molar refractivity (Wildman–Crippen MR) is 72.4 cm³/mol. The van der Waals surface area contributed by atoms with Gasteiger partial charge in [0.2, 0.25) is 0 Å². The quantitative estimate of drug-likeness (QED) is 0.647. The van der Waals surface area contributed by atoms with E-state index in [9.17, 15) is 9.59 Å². The Morgan fingerprint density at radius 3 is 2.55 bits per heavy atom. The number of Topliss-reactive ketones (excluding diaryl/α,β-unsaturated/α-hetero) is 1. The summed E-state index contributed by atoms with van der Waals surface area (Å²) in [4.78, 5) is 22.4. The van der Waals surface area contributed by atoms with Crippen LogP contribution in [-0.2, 0) is 22.9 Å². The maximum Gasteiger partial charge on any atom is 0.378 e. The van der Waals surface area contributed by atoms with E-state index in [2.05, 4.69) is 0 Å². The van der Waals surface area contributed by atoms with Gasteiger partial charge in [0.05, 0.1) is 6.61 Å². The maximum atomic E-state index is 11.6. The Hall–Kier alpha value is -2.40. The third-order valence-electron chi connectivity index (χ3n) is 2.92. The van der Waals surface area contributed by atoms with Crippen molar-refractivity contribution in [2.45, 2.75) is 20.3 Å². The smallest absolute Gasteiger partial charge is 0.378 e. The number of benzene rings is 1. The molecule has 1 aromatic carbocycles. The van der Waals surface area contributed by atoms with Crippen molar-refractivity contribution in [2.24, 2.45) is 0 Å². The number of hydrogen-bond donors (Lipinski definition) is 1. The number of carboxylic acids is 1. The summed E-state index contributed by atoms with van der Waals surface area (Å²) >= 11 is 0. The van der Waals surface area contributed by atoms with E-state index >= 15 is 0 Å². The molecule has 0 radical (unpaired) electrons. The summed E-state index contributed by atoms with van der Waals surface area (Å²) < 4.78 is 7.02. The van der Waals surface area contributed by atoms with Gasteiger partial charge in [-0.25, -0.2) is 4.79 Å². The molecule has 0 aliphatic heterocycles. The first-order valence-corrected chi connectivity index (χ1v) is 6.14. The fraction of sp³-hybridized carbons (Fsp3) is 0.200. The molecule has 0 atom stereocenters. The van der Waals surface area contributed by atoms with Crippen LogP contribution in [0.15, 0.2) is 42.6 Å². The maximum absolute atomic E-state index is 11.6. The summed E-state index contributed by atoms with van der Waals surface area (Å²) in [6.07, 6.45) is 1.65. The summed E-state index contributed by atoms with van der Waals surface area (Å²) in [5.74, 6) is -2.38. The molecule has 5 heteroatoms. The highest BCUT2D eigenvalue weighted by atomic mass is 16.5. The number of hydrogen-bond acceptors (Lipinski definition) is 3. The first-order valence-electron chi connectivity index (χ1n) is 6.14. The Balaban J connectivity index is 2.03. The lowest BCUT2D eigenvalue weighted by Crippen LogP contribution is -2.19. The third kappa shape index (κ3) is 3.13. The van der Waals surface area contributed by atoms with Gasteiger partial charge < -0.3 is 14.4 Å². The molecular formula is C15H15NO4. The highest BCUT2D eigenvalue weighted by Gasteiger charge is 2.21. The van der Waals surface area contributed by atoms with Crippen molar-refractivity contribution in [1.29, 1.82) is 0 Å². The van der Waals surface area contributed by atoms with Gasteiger partial charge >= 0.3 is 5.97 Å². The molecule has 0 bridgehead atoms. The standard InChI is InChI=1S/C15H15NO4/c1-11-7-8-16(13(11)14(17)15(18)19)10-20-9-12-5-3-2-4-6-12/h2-8H,9-10H2,1H3,(H,18,19). The highest BCUT2D eigenvalue weighted by molar-refractivity contribution is 6.39. The van der Waals surface area contributed by atoms with Crippen LogP contribution in [0.3, 0.4) is 0 Å². The van der Waals surface area contributed by atoms with Gasteiger partial charge in [0.25, 0.3) is 5.78 Å². The zero-order valence-corrected chi connectivity index (χ0v) is 11.1. The normalized spacial score (nSPS) is 10.4. The summed E-state index contributed by atoms with van der Waals surface area (Å²) in [6.45, 7) is 2.24. The molecule has 0 spiro atoms. The predicted octanol–water partition coefficient (Wildman–Crippen LogP) is 2.24. The van der Waals surface area contributed by atoms with Gasteiger partial charge in [-0.05, 0) is 24.1 Å². The van der Waals surface area contributed by atoms with Gasteiger partial charge in [0, 0.05) is 6.20 Å².